The minimum absolute atomic E-state index is 0.0190. The first kappa shape index (κ1) is 23.6. The molecule has 0 radical (unpaired) electrons. The summed E-state index contributed by atoms with van der Waals surface area (Å²) in [5.41, 5.74) is 3.64. The highest BCUT2D eigenvalue weighted by molar-refractivity contribution is 7.93. The molecule has 1 amide bonds. The summed E-state index contributed by atoms with van der Waals surface area (Å²) in [4.78, 5) is 12.9. The number of anilines is 2. The van der Waals surface area contributed by atoms with Gasteiger partial charge in [-0.1, -0.05) is 29.8 Å². The van der Waals surface area contributed by atoms with Crippen LogP contribution in [0.25, 0.3) is 0 Å². The first-order chi connectivity index (χ1) is 15.1. The van der Waals surface area contributed by atoms with Gasteiger partial charge < -0.3 is 10.1 Å². The number of benzene rings is 3. The smallest absolute Gasteiger partial charge is 0.268 e. The van der Waals surface area contributed by atoms with Gasteiger partial charge >= 0.3 is 0 Å². The number of halogens is 1. The molecular weight excluding hydrogens is 448 g/mol. The fourth-order valence-electron chi connectivity index (χ4n) is 3.23. The number of amides is 1. The predicted octanol–water partition coefficient (Wildman–Crippen LogP) is 5.11. The zero-order valence-electron chi connectivity index (χ0n) is 18.3. The molecule has 0 aliphatic rings. The first-order valence-electron chi connectivity index (χ1n) is 9.92. The van der Waals surface area contributed by atoms with E-state index in [9.17, 15) is 13.2 Å². The summed E-state index contributed by atoms with van der Waals surface area (Å²) in [5, 5.41) is 3.28. The molecule has 32 heavy (non-hydrogen) atoms. The van der Waals surface area contributed by atoms with E-state index >= 15 is 0 Å². The van der Waals surface area contributed by atoms with Crippen LogP contribution < -0.4 is 14.4 Å². The van der Waals surface area contributed by atoms with Crippen molar-refractivity contribution in [1.82, 2.24) is 0 Å². The van der Waals surface area contributed by atoms with Gasteiger partial charge in [0.1, 0.15) is 17.2 Å². The normalized spacial score (nSPS) is 11.2. The number of nitrogens with zero attached hydrogens (tertiary/aromatic N) is 1. The maximum Gasteiger partial charge on any atom is 0.268 e. The lowest BCUT2D eigenvalue weighted by atomic mass is 10.1. The van der Waals surface area contributed by atoms with Gasteiger partial charge in [-0.2, -0.15) is 0 Å². The third-order valence-corrected chi connectivity index (χ3v) is 7.21. The van der Waals surface area contributed by atoms with Gasteiger partial charge in [0.15, 0.2) is 0 Å². The van der Waals surface area contributed by atoms with Crippen LogP contribution >= 0.6 is 11.6 Å². The Balaban J connectivity index is 2.03. The van der Waals surface area contributed by atoms with Gasteiger partial charge in [-0.05, 0) is 79.9 Å². The van der Waals surface area contributed by atoms with Crippen molar-refractivity contribution in [3.05, 3.63) is 82.4 Å². The average molecular weight is 473 g/mol. The lowest BCUT2D eigenvalue weighted by Gasteiger charge is -2.25. The van der Waals surface area contributed by atoms with E-state index in [1.54, 1.807) is 49.4 Å². The molecule has 0 saturated heterocycles. The molecule has 0 saturated carbocycles. The first-order valence-corrected chi connectivity index (χ1v) is 11.7. The van der Waals surface area contributed by atoms with E-state index in [2.05, 4.69) is 5.32 Å². The highest BCUT2D eigenvalue weighted by atomic mass is 35.5. The van der Waals surface area contributed by atoms with Crippen molar-refractivity contribution in [2.75, 3.05) is 23.3 Å². The van der Waals surface area contributed by atoms with Crippen LogP contribution in [0.15, 0.2) is 65.6 Å². The summed E-state index contributed by atoms with van der Waals surface area (Å²) >= 11 is 5.99. The fourth-order valence-corrected chi connectivity index (χ4v) is 5.02. The average Bonchev–Trinajstić information content (AvgIpc) is 2.76. The van der Waals surface area contributed by atoms with E-state index < -0.39 is 22.5 Å². The van der Waals surface area contributed by atoms with Crippen LogP contribution in [0.5, 0.6) is 5.75 Å². The zero-order chi connectivity index (χ0) is 23.5. The van der Waals surface area contributed by atoms with Crippen LogP contribution in [-0.4, -0.2) is 28.0 Å². The van der Waals surface area contributed by atoms with Gasteiger partial charge in [-0.15, -0.1) is 0 Å². The van der Waals surface area contributed by atoms with Crippen LogP contribution in [0.1, 0.15) is 16.7 Å². The highest BCUT2D eigenvalue weighted by Gasteiger charge is 2.30. The second-order valence-electron chi connectivity index (χ2n) is 7.44. The molecule has 0 aliphatic heterocycles. The van der Waals surface area contributed by atoms with E-state index in [0.29, 0.717) is 16.4 Å². The molecule has 3 rings (SSSR count). The van der Waals surface area contributed by atoms with Crippen molar-refractivity contribution >= 4 is 38.9 Å². The molecule has 0 aromatic heterocycles. The summed E-state index contributed by atoms with van der Waals surface area (Å²) in [6.07, 6.45) is 0. The molecule has 6 nitrogen and oxygen atoms in total. The second-order valence-corrected chi connectivity index (χ2v) is 9.71. The number of ether oxygens (including phenoxy) is 1. The Bertz CT molecular complexity index is 1240. The summed E-state index contributed by atoms with van der Waals surface area (Å²) in [7, 11) is -2.73. The topological polar surface area (TPSA) is 75.7 Å². The molecule has 168 valence electrons. The minimum atomic E-state index is -4.13. The third-order valence-electron chi connectivity index (χ3n) is 5.17. The van der Waals surface area contributed by atoms with Crippen LogP contribution in [0.3, 0.4) is 0 Å². The maximum atomic E-state index is 13.7. The van der Waals surface area contributed by atoms with Crippen molar-refractivity contribution < 1.29 is 17.9 Å². The Morgan fingerprint density at radius 2 is 1.72 bits per heavy atom. The summed E-state index contributed by atoms with van der Waals surface area (Å²) in [6, 6.07) is 16.7. The Kier molecular flexibility index (Phi) is 7.11. The van der Waals surface area contributed by atoms with Crippen molar-refractivity contribution in [2.24, 2.45) is 0 Å². The number of hydrogen-bond acceptors (Lipinski definition) is 4. The number of aryl methyl sites for hydroxylation is 2. The van der Waals surface area contributed by atoms with E-state index in [1.165, 1.54) is 13.2 Å². The molecular formula is C24H25ClN2O4S. The van der Waals surface area contributed by atoms with Crippen molar-refractivity contribution in [3.8, 4) is 5.75 Å². The van der Waals surface area contributed by atoms with E-state index in [-0.39, 0.29) is 10.6 Å². The Hall–Kier alpha value is -3.03. The zero-order valence-corrected chi connectivity index (χ0v) is 19.9. The quantitative estimate of drug-likeness (QED) is 0.518. The molecule has 0 fully saturated rings. The Labute approximate surface area is 193 Å². The molecule has 0 aliphatic carbocycles. The van der Waals surface area contributed by atoms with E-state index in [4.69, 9.17) is 16.3 Å². The van der Waals surface area contributed by atoms with Gasteiger partial charge in [0.25, 0.3) is 10.0 Å². The monoisotopic (exact) mass is 472 g/mol. The molecule has 0 heterocycles. The Morgan fingerprint density at radius 3 is 2.38 bits per heavy atom. The number of carbonyl (C=O) groups is 1. The lowest BCUT2D eigenvalue weighted by Crippen LogP contribution is -2.38. The van der Waals surface area contributed by atoms with Gasteiger partial charge in [0.05, 0.1) is 12.8 Å². The summed E-state index contributed by atoms with van der Waals surface area (Å²) < 4.78 is 33.7. The Morgan fingerprint density at radius 1 is 1.03 bits per heavy atom. The third kappa shape index (κ3) is 5.06. The molecule has 0 atom stereocenters. The largest absolute Gasteiger partial charge is 0.495 e. The van der Waals surface area contributed by atoms with Crippen molar-refractivity contribution in [2.45, 2.75) is 25.7 Å². The van der Waals surface area contributed by atoms with Crippen LogP contribution in [0, 0.1) is 20.8 Å². The standard InChI is InChI=1S/C24H25ClN2O4S/c1-16-8-13-22(31-4)23(14-16)32(29,30)27(20-11-9-19(25)10-12-20)15-24(28)26-21-7-5-6-17(2)18(21)3/h5-14H,15H2,1-4H3,(H,26,28). The predicted molar refractivity (Wildman–Crippen MR) is 128 cm³/mol. The SMILES string of the molecule is COc1ccc(C)cc1S(=O)(=O)N(CC(=O)Nc1cccc(C)c1C)c1ccc(Cl)cc1. The second kappa shape index (κ2) is 9.63. The van der Waals surface area contributed by atoms with E-state index in [0.717, 1.165) is 21.0 Å². The van der Waals surface area contributed by atoms with E-state index in [1.807, 2.05) is 26.0 Å². The van der Waals surface area contributed by atoms with Crippen molar-refractivity contribution in [3.63, 3.8) is 0 Å². The molecule has 1 N–H and O–H groups in total. The van der Waals surface area contributed by atoms with Crippen LogP contribution in [-0.2, 0) is 14.8 Å². The van der Waals surface area contributed by atoms with Crippen LogP contribution in [0.2, 0.25) is 5.02 Å². The molecule has 0 spiro atoms. The minimum Gasteiger partial charge on any atom is -0.495 e. The molecule has 3 aromatic rings. The molecule has 8 heteroatoms. The van der Waals surface area contributed by atoms with Gasteiger partial charge in [-0.3, -0.25) is 9.10 Å². The van der Waals surface area contributed by atoms with Crippen LogP contribution in [0.4, 0.5) is 11.4 Å². The number of nitrogens with one attached hydrogen (secondary N) is 1. The van der Waals surface area contributed by atoms with Gasteiger partial charge in [0, 0.05) is 10.7 Å². The summed E-state index contributed by atoms with van der Waals surface area (Å²) in [6.45, 7) is 5.21. The molecule has 0 bridgehead atoms. The van der Waals surface area contributed by atoms with Gasteiger partial charge in [0.2, 0.25) is 5.91 Å². The number of rotatable bonds is 7. The number of methoxy groups -OCH3 is 1. The number of sulfonamides is 1. The van der Waals surface area contributed by atoms with Gasteiger partial charge in [-0.25, -0.2) is 8.42 Å². The fraction of sp³-hybridized carbons (Fsp3) is 0.208. The molecule has 3 aromatic carbocycles. The maximum absolute atomic E-state index is 13.7. The lowest BCUT2D eigenvalue weighted by molar-refractivity contribution is -0.114. The van der Waals surface area contributed by atoms with Crippen molar-refractivity contribution in [1.29, 1.82) is 0 Å². The number of carbonyl (C=O) groups excluding carboxylic acids is 1. The number of hydrogen-bond donors (Lipinski definition) is 1. The molecule has 0 unspecified atom stereocenters. The highest BCUT2D eigenvalue weighted by Crippen LogP contribution is 2.31. The summed E-state index contributed by atoms with van der Waals surface area (Å²) in [5.74, 6) is -0.270.